The maximum absolute atomic E-state index is 12.9. The molecular weight excluding hydrogens is 396 g/mol. The van der Waals surface area contributed by atoms with Gasteiger partial charge in [-0.3, -0.25) is 24.6 Å². The smallest absolute Gasteiger partial charge is 0.286 e. The van der Waals surface area contributed by atoms with Gasteiger partial charge in [0, 0.05) is 52.5 Å². The fraction of sp³-hybridized carbons (Fsp3) is 0.579. The molecule has 2 rings (SSSR count). The normalized spacial score (nSPS) is 14.3. The Hall–Kier alpha value is -2.92. The van der Waals surface area contributed by atoms with Gasteiger partial charge < -0.3 is 24.4 Å². The first-order chi connectivity index (χ1) is 14.4. The number of benzene rings is 1. The lowest BCUT2D eigenvalue weighted by Gasteiger charge is -2.34. The summed E-state index contributed by atoms with van der Waals surface area (Å²) in [7, 11) is 4.38. The molecule has 1 aliphatic heterocycles. The number of nitro benzene ring substituents is 1. The molecule has 0 aliphatic carbocycles. The molecule has 0 unspecified atom stereocenters. The Balaban J connectivity index is 1.98. The van der Waals surface area contributed by atoms with Crippen LogP contribution in [0, 0.1) is 10.1 Å². The maximum atomic E-state index is 12.9. The van der Waals surface area contributed by atoms with Crippen molar-refractivity contribution in [3.05, 3.63) is 27.8 Å². The molecule has 1 aromatic carbocycles. The predicted molar refractivity (Wildman–Crippen MR) is 108 cm³/mol. The van der Waals surface area contributed by atoms with Gasteiger partial charge in [0.25, 0.3) is 11.6 Å². The Kier molecular flexibility index (Phi) is 8.81. The molecule has 1 aromatic rings. The van der Waals surface area contributed by atoms with E-state index in [-0.39, 0.29) is 35.2 Å². The minimum Gasteiger partial charge on any atom is -0.493 e. The van der Waals surface area contributed by atoms with Gasteiger partial charge in [0.2, 0.25) is 5.91 Å². The Morgan fingerprint density at radius 2 is 1.73 bits per heavy atom. The van der Waals surface area contributed by atoms with Crippen molar-refractivity contribution in [2.24, 2.45) is 0 Å². The molecule has 0 radical (unpaired) electrons. The summed E-state index contributed by atoms with van der Waals surface area (Å²) in [6, 6.07) is 2.52. The van der Waals surface area contributed by atoms with Crippen LogP contribution in [-0.4, -0.2) is 93.7 Å². The summed E-state index contributed by atoms with van der Waals surface area (Å²) in [5, 5.41) is 14.3. The molecule has 11 nitrogen and oxygen atoms in total. The molecule has 1 saturated heterocycles. The van der Waals surface area contributed by atoms with Gasteiger partial charge in [0.15, 0.2) is 11.5 Å². The van der Waals surface area contributed by atoms with E-state index in [4.69, 9.17) is 14.2 Å². The van der Waals surface area contributed by atoms with E-state index in [0.29, 0.717) is 39.3 Å². The number of methoxy groups -OCH3 is 3. The molecule has 1 heterocycles. The van der Waals surface area contributed by atoms with Gasteiger partial charge in [-0.25, -0.2) is 0 Å². The second-order valence-electron chi connectivity index (χ2n) is 6.75. The number of carbonyl (C=O) groups excluding carboxylic acids is 2. The number of rotatable bonds is 10. The monoisotopic (exact) mass is 424 g/mol. The number of nitrogens with one attached hydrogen (secondary N) is 1. The van der Waals surface area contributed by atoms with Gasteiger partial charge in [-0.2, -0.15) is 0 Å². The largest absolute Gasteiger partial charge is 0.493 e. The molecule has 2 amide bonds. The van der Waals surface area contributed by atoms with E-state index in [2.05, 4.69) is 5.32 Å². The second kappa shape index (κ2) is 11.3. The van der Waals surface area contributed by atoms with Crippen LogP contribution in [0.1, 0.15) is 16.8 Å². The highest BCUT2D eigenvalue weighted by Crippen LogP contribution is 2.35. The van der Waals surface area contributed by atoms with E-state index in [1.54, 1.807) is 12.0 Å². The lowest BCUT2D eigenvalue weighted by molar-refractivity contribution is -0.385. The molecule has 30 heavy (non-hydrogen) atoms. The highest BCUT2D eigenvalue weighted by molar-refractivity contribution is 5.99. The van der Waals surface area contributed by atoms with Crippen LogP contribution in [0.4, 0.5) is 5.69 Å². The third kappa shape index (κ3) is 6.04. The van der Waals surface area contributed by atoms with E-state index >= 15 is 0 Å². The predicted octanol–water partition coefficient (Wildman–Crippen LogP) is 0.523. The molecule has 0 bridgehead atoms. The van der Waals surface area contributed by atoms with Crippen LogP contribution in [0.2, 0.25) is 0 Å². The lowest BCUT2D eigenvalue weighted by Crippen LogP contribution is -2.51. The van der Waals surface area contributed by atoms with Crippen LogP contribution in [-0.2, 0) is 9.53 Å². The van der Waals surface area contributed by atoms with Crippen molar-refractivity contribution in [1.82, 2.24) is 15.1 Å². The van der Waals surface area contributed by atoms with E-state index < -0.39 is 10.8 Å². The van der Waals surface area contributed by atoms with E-state index in [9.17, 15) is 19.7 Å². The minimum atomic E-state index is -0.612. The number of piperazine rings is 1. The zero-order chi connectivity index (χ0) is 22.1. The molecule has 0 spiro atoms. The number of hydrogen-bond acceptors (Lipinski definition) is 8. The third-order valence-corrected chi connectivity index (χ3v) is 4.80. The van der Waals surface area contributed by atoms with Crippen LogP contribution >= 0.6 is 0 Å². The number of nitrogens with zero attached hydrogens (tertiary/aromatic N) is 3. The van der Waals surface area contributed by atoms with Crippen molar-refractivity contribution in [3.8, 4) is 11.5 Å². The summed E-state index contributed by atoms with van der Waals surface area (Å²) in [6.45, 7) is 3.10. The maximum Gasteiger partial charge on any atom is 0.286 e. The van der Waals surface area contributed by atoms with Crippen LogP contribution in [0.3, 0.4) is 0 Å². The summed E-state index contributed by atoms with van der Waals surface area (Å²) in [5.41, 5.74) is -0.391. The van der Waals surface area contributed by atoms with Crippen molar-refractivity contribution >= 4 is 17.5 Å². The highest BCUT2D eigenvalue weighted by Gasteiger charge is 2.30. The van der Waals surface area contributed by atoms with Gasteiger partial charge in [-0.05, 0) is 6.42 Å². The van der Waals surface area contributed by atoms with Gasteiger partial charge in [0.05, 0.1) is 31.8 Å². The molecule has 0 atom stereocenters. The molecule has 0 aromatic heterocycles. The van der Waals surface area contributed by atoms with Crippen molar-refractivity contribution < 1.29 is 28.7 Å². The average molecular weight is 424 g/mol. The number of amides is 2. The number of ether oxygens (including phenoxy) is 3. The molecule has 1 fully saturated rings. The highest BCUT2D eigenvalue weighted by atomic mass is 16.6. The molecule has 1 aliphatic rings. The van der Waals surface area contributed by atoms with Crippen LogP contribution in [0.15, 0.2) is 12.1 Å². The van der Waals surface area contributed by atoms with Crippen LogP contribution in [0.25, 0.3) is 0 Å². The summed E-state index contributed by atoms with van der Waals surface area (Å²) >= 11 is 0. The Labute approximate surface area is 175 Å². The van der Waals surface area contributed by atoms with Gasteiger partial charge in [-0.15, -0.1) is 0 Å². The lowest BCUT2D eigenvalue weighted by atomic mass is 10.1. The van der Waals surface area contributed by atoms with E-state index in [1.165, 1.54) is 26.4 Å². The van der Waals surface area contributed by atoms with E-state index in [1.807, 2.05) is 4.90 Å². The fourth-order valence-corrected chi connectivity index (χ4v) is 3.17. The Morgan fingerprint density at radius 3 is 2.30 bits per heavy atom. The third-order valence-electron chi connectivity index (χ3n) is 4.80. The zero-order valence-electron chi connectivity index (χ0n) is 17.5. The van der Waals surface area contributed by atoms with Crippen LogP contribution in [0.5, 0.6) is 11.5 Å². The Morgan fingerprint density at radius 1 is 1.10 bits per heavy atom. The summed E-state index contributed by atoms with van der Waals surface area (Å²) in [5.74, 6) is -0.106. The quantitative estimate of drug-likeness (QED) is 0.328. The van der Waals surface area contributed by atoms with Gasteiger partial charge >= 0.3 is 0 Å². The molecule has 0 saturated carbocycles. The van der Waals surface area contributed by atoms with Gasteiger partial charge in [0.1, 0.15) is 5.56 Å². The fourth-order valence-electron chi connectivity index (χ4n) is 3.17. The first-order valence-corrected chi connectivity index (χ1v) is 9.59. The molecule has 166 valence electrons. The second-order valence-corrected chi connectivity index (χ2v) is 6.75. The molecular formula is C19H28N4O7. The van der Waals surface area contributed by atoms with Crippen molar-refractivity contribution in [2.45, 2.75) is 6.42 Å². The molecule has 1 N–H and O–H groups in total. The summed E-state index contributed by atoms with van der Waals surface area (Å²) < 4.78 is 15.2. The number of carbonyl (C=O) groups is 2. The van der Waals surface area contributed by atoms with Gasteiger partial charge in [-0.1, -0.05) is 0 Å². The topological polar surface area (TPSA) is 123 Å². The zero-order valence-corrected chi connectivity index (χ0v) is 17.5. The minimum absolute atomic E-state index is 0.0537. The number of nitro groups is 1. The van der Waals surface area contributed by atoms with Crippen molar-refractivity contribution in [2.75, 3.05) is 67.2 Å². The molecule has 11 heteroatoms. The first-order valence-electron chi connectivity index (χ1n) is 9.59. The SMILES string of the molecule is COCCCNC(=O)CN1CCN(C(=O)c2cc(OC)c(OC)cc2[N+](=O)[O-])CC1. The van der Waals surface area contributed by atoms with Crippen molar-refractivity contribution in [1.29, 1.82) is 0 Å². The van der Waals surface area contributed by atoms with Crippen LogP contribution < -0.4 is 14.8 Å². The first kappa shape index (κ1) is 23.4. The van der Waals surface area contributed by atoms with Crippen molar-refractivity contribution in [3.63, 3.8) is 0 Å². The standard InChI is InChI=1S/C19H28N4O7/c1-28-10-4-5-20-18(24)13-21-6-8-22(9-7-21)19(25)14-11-16(29-2)17(30-3)12-15(14)23(26)27/h11-12H,4-10,13H2,1-3H3,(H,20,24). The summed E-state index contributed by atoms with van der Waals surface area (Å²) in [4.78, 5) is 39.3. The number of hydrogen-bond donors (Lipinski definition) is 1. The van der Waals surface area contributed by atoms with E-state index in [0.717, 1.165) is 6.42 Å². The Bertz CT molecular complexity index is 763. The average Bonchev–Trinajstić information content (AvgIpc) is 2.75. The summed E-state index contributed by atoms with van der Waals surface area (Å²) in [6.07, 6.45) is 0.745.